The molecule has 2 rings (SSSR count). The summed E-state index contributed by atoms with van der Waals surface area (Å²) in [6.07, 6.45) is 0. The molecule has 0 aliphatic rings. The zero-order valence-electron chi connectivity index (χ0n) is 10.7. The van der Waals surface area contributed by atoms with Crippen LogP contribution in [0.15, 0.2) is 28.1 Å². The monoisotopic (exact) mass is 325 g/mol. The molecule has 0 aliphatic carbocycles. The molecule has 0 saturated carbocycles. The molecule has 18 heavy (non-hydrogen) atoms. The number of hydrogen-bond donors (Lipinski definition) is 1. The van der Waals surface area contributed by atoms with Crippen molar-refractivity contribution in [3.8, 4) is 11.3 Å². The highest BCUT2D eigenvalue weighted by Gasteiger charge is 2.23. The van der Waals surface area contributed by atoms with Gasteiger partial charge in [-0.2, -0.15) is 0 Å². The third-order valence-electron chi connectivity index (χ3n) is 2.95. The molecule has 2 aromatic rings. The van der Waals surface area contributed by atoms with Gasteiger partial charge in [-0.25, -0.2) is 4.98 Å². The Balaban J connectivity index is 2.44. The second-order valence-corrected chi connectivity index (χ2v) is 6.81. The van der Waals surface area contributed by atoms with Crippen LogP contribution in [0.25, 0.3) is 11.3 Å². The van der Waals surface area contributed by atoms with Crippen molar-refractivity contribution in [3.63, 3.8) is 0 Å². The lowest BCUT2D eigenvalue weighted by molar-refractivity contribution is 0.218. The van der Waals surface area contributed by atoms with Crippen LogP contribution in [0.3, 0.4) is 0 Å². The van der Waals surface area contributed by atoms with Gasteiger partial charge >= 0.3 is 0 Å². The van der Waals surface area contributed by atoms with E-state index in [0.29, 0.717) is 0 Å². The van der Waals surface area contributed by atoms with E-state index in [-0.39, 0.29) is 12.0 Å². The molecule has 2 nitrogen and oxygen atoms in total. The molecule has 0 saturated heterocycles. The predicted octanol–water partition coefficient (Wildman–Crippen LogP) is 4.15. The zero-order chi connectivity index (χ0) is 13.3. The highest BCUT2D eigenvalue weighted by atomic mass is 79.9. The number of aromatic nitrogens is 1. The minimum absolute atomic E-state index is 0.109. The summed E-state index contributed by atoms with van der Waals surface area (Å²) in [5, 5.41) is 12.4. The molecular formula is C14H16BrNOS. The summed E-state index contributed by atoms with van der Waals surface area (Å²) in [5.74, 6) is 0. The van der Waals surface area contributed by atoms with Gasteiger partial charge in [-0.05, 0) is 24.6 Å². The van der Waals surface area contributed by atoms with Crippen LogP contribution in [0.2, 0.25) is 0 Å². The largest absolute Gasteiger partial charge is 0.395 e. The molecule has 1 heterocycles. The van der Waals surface area contributed by atoms with Gasteiger partial charge in [-0.3, -0.25) is 0 Å². The molecule has 0 spiro atoms. The van der Waals surface area contributed by atoms with Crippen LogP contribution in [0.1, 0.15) is 24.4 Å². The van der Waals surface area contributed by atoms with E-state index in [1.807, 2.05) is 19.9 Å². The van der Waals surface area contributed by atoms with E-state index in [1.54, 1.807) is 11.3 Å². The van der Waals surface area contributed by atoms with E-state index in [0.717, 1.165) is 20.7 Å². The number of benzene rings is 1. The average molecular weight is 326 g/mol. The summed E-state index contributed by atoms with van der Waals surface area (Å²) in [7, 11) is 0. The fourth-order valence-corrected chi connectivity index (χ4v) is 2.94. The molecule has 0 fully saturated rings. The van der Waals surface area contributed by atoms with Gasteiger partial charge < -0.3 is 5.11 Å². The van der Waals surface area contributed by atoms with Crippen molar-refractivity contribution < 1.29 is 5.11 Å². The first-order valence-electron chi connectivity index (χ1n) is 5.77. The molecule has 96 valence electrons. The third-order valence-corrected chi connectivity index (χ3v) is 4.66. The Hall–Kier alpha value is -0.710. The molecule has 0 atom stereocenters. The van der Waals surface area contributed by atoms with Gasteiger partial charge in [0.1, 0.15) is 5.01 Å². The maximum Gasteiger partial charge on any atom is 0.101 e. The van der Waals surface area contributed by atoms with Crippen molar-refractivity contribution in [1.29, 1.82) is 0 Å². The normalized spacial score (nSPS) is 11.8. The van der Waals surface area contributed by atoms with E-state index >= 15 is 0 Å². The van der Waals surface area contributed by atoms with Crippen LogP contribution in [-0.2, 0) is 5.41 Å². The summed E-state index contributed by atoms with van der Waals surface area (Å²) >= 11 is 5.09. The van der Waals surface area contributed by atoms with Crippen molar-refractivity contribution in [1.82, 2.24) is 4.98 Å². The highest BCUT2D eigenvalue weighted by Crippen LogP contribution is 2.32. The SMILES string of the molecule is Cc1ccc(Br)cc1-c1csc(C(C)(C)CO)n1. The zero-order valence-corrected chi connectivity index (χ0v) is 13.1. The van der Waals surface area contributed by atoms with Gasteiger partial charge in [0.15, 0.2) is 0 Å². The van der Waals surface area contributed by atoms with Gasteiger partial charge in [0.2, 0.25) is 0 Å². The number of nitrogens with zero attached hydrogens (tertiary/aromatic N) is 1. The Bertz CT molecular complexity index is 563. The lowest BCUT2D eigenvalue weighted by Crippen LogP contribution is -2.21. The standard InChI is InChI=1S/C14H16BrNOS/c1-9-4-5-10(15)6-11(9)12-7-18-13(16-12)14(2,3)8-17/h4-7,17H,8H2,1-3H3. The first-order chi connectivity index (χ1) is 8.44. The molecule has 1 aromatic carbocycles. The van der Waals surface area contributed by atoms with Crippen molar-refractivity contribution in [2.75, 3.05) is 6.61 Å². The molecule has 4 heteroatoms. The summed E-state index contributed by atoms with van der Waals surface area (Å²) < 4.78 is 1.05. The number of halogens is 1. The molecule has 1 aromatic heterocycles. The van der Waals surface area contributed by atoms with Crippen LogP contribution >= 0.6 is 27.3 Å². The lowest BCUT2D eigenvalue weighted by atomic mass is 9.96. The topological polar surface area (TPSA) is 33.1 Å². The quantitative estimate of drug-likeness (QED) is 0.919. The van der Waals surface area contributed by atoms with Crippen molar-refractivity contribution >= 4 is 27.3 Å². The molecule has 0 radical (unpaired) electrons. The van der Waals surface area contributed by atoms with Crippen LogP contribution in [0.4, 0.5) is 0 Å². The predicted molar refractivity (Wildman–Crippen MR) is 80.1 cm³/mol. The van der Waals surface area contributed by atoms with Gasteiger partial charge in [0, 0.05) is 20.8 Å². The number of aryl methyl sites for hydroxylation is 1. The maximum absolute atomic E-state index is 9.39. The van der Waals surface area contributed by atoms with Crippen LogP contribution in [-0.4, -0.2) is 16.7 Å². The van der Waals surface area contributed by atoms with Gasteiger partial charge in [-0.15, -0.1) is 11.3 Å². The van der Waals surface area contributed by atoms with Gasteiger partial charge in [0.05, 0.1) is 12.3 Å². The fraction of sp³-hybridized carbons (Fsp3) is 0.357. The van der Waals surface area contributed by atoms with Crippen LogP contribution < -0.4 is 0 Å². The molecule has 0 unspecified atom stereocenters. The molecular weight excluding hydrogens is 310 g/mol. The van der Waals surface area contributed by atoms with Gasteiger partial charge in [-0.1, -0.05) is 35.8 Å². The summed E-state index contributed by atoms with van der Waals surface area (Å²) in [5.41, 5.74) is 3.05. The second-order valence-electron chi connectivity index (χ2n) is 5.04. The number of hydrogen-bond acceptors (Lipinski definition) is 3. The first kappa shape index (κ1) is 13.7. The van der Waals surface area contributed by atoms with Crippen LogP contribution in [0.5, 0.6) is 0 Å². The van der Waals surface area contributed by atoms with Gasteiger partial charge in [0.25, 0.3) is 0 Å². The number of aliphatic hydroxyl groups excluding tert-OH is 1. The summed E-state index contributed by atoms with van der Waals surface area (Å²) in [4.78, 5) is 4.66. The number of aliphatic hydroxyl groups is 1. The van der Waals surface area contributed by atoms with Crippen molar-refractivity contribution in [3.05, 3.63) is 38.6 Å². The Morgan fingerprint density at radius 3 is 2.78 bits per heavy atom. The maximum atomic E-state index is 9.39. The number of rotatable bonds is 3. The Morgan fingerprint density at radius 2 is 2.11 bits per heavy atom. The Morgan fingerprint density at radius 1 is 1.39 bits per heavy atom. The molecule has 1 N–H and O–H groups in total. The van der Waals surface area contributed by atoms with E-state index in [2.05, 4.69) is 45.4 Å². The Labute approximate surface area is 120 Å². The van der Waals surface area contributed by atoms with E-state index in [1.165, 1.54) is 5.56 Å². The molecule has 0 bridgehead atoms. The minimum atomic E-state index is -0.275. The lowest BCUT2D eigenvalue weighted by Gasteiger charge is -2.17. The highest BCUT2D eigenvalue weighted by molar-refractivity contribution is 9.10. The van der Waals surface area contributed by atoms with E-state index < -0.39 is 0 Å². The molecule has 0 aliphatic heterocycles. The average Bonchev–Trinajstić information content (AvgIpc) is 2.82. The third kappa shape index (κ3) is 2.66. The summed E-state index contributed by atoms with van der Waals surface area (Å²) in [6.45, 7) is 6.20. The number of thiazole rings is 1. The van der Waals surface area contributed by atoms with Crippen molar-refractivity contribution in [2.45, 2.75) is 26.2 Å². The van der Waals surface area contributed by atoms with Crippen LogP contribution in [0, 0.1) is 6.92 Å². The Kier molecular flexibility index (Phi) is 3.90. The fourth-order valence-electron chi connectivity index (χ4n) is 1.65. The van der Waals surface area contributed by atoms with E-state index in [9.17, 15) is 5.11 Å². The first-order valence-corrected chi connectivity index (χ1v) is 7.45. The summed E-state index contributed by atoms with van der Waals surface area (Å²) in [6, 6.07) is 6.19. The minimum Gasteiger partial charge on any atom is -0.395 e. The smallest absolute Gasteiger partial charge is 0.101 e. The van der Waals surface area contributed by atoms with Crippen molar-refractivity contribution in [2.24, 2.45) is 0 Å². The second kappa shape index (κ2) is 5.11. The molecule has 0 amide bonds. The van der Waals surface area contributed by atoms with E-state index in [4.69, 9.17) is 0 Å².